The second-order valence-corrected chi connectivity index (χ2v) is 7.42. The van der Waals surface area contributed by atoms with Gasteiger partial charge in [-0.25, -0.2) is 9.59 Å². The molecule has 0 aliphatic heterocycles. The van der Waals surface area contributed by atoms with E-state index in [9.17, 15) is 9.59 Å². The van der Waals surface area contributed by atoms with Crippen molar-refractivity contribution in [3.05, 3.63) is 30.1 Å². The Bertz CT molecular complexity index is 652. The Kier molecular flexibility index (Phi) is 6.71. The van der Waals surface area contributed by atoms with Crippen molar-refractivity contribution in [3.63, 3.8) is 0 Å². The fourth-order valence-corrected chi connectivity index (χ4v) is 2.70. The van der Waals surface area contributed by atoms with E-state index in [4.69, 9.17) is 14.3 Å². The molecule has 1 aliphatic rings. The van der Waals surface area contributed by atoms with Crippen LogP contribution in [-0.4, -0.2) is 34.5 Å². The Labute approximate surface area is 153 Å². The Morgan fingerprint density at radius 3 is 2.54 bits per heavy atom. The molecule has 7 heteroatoms. The number of esters is 1. The number of oxime groups is 1. The number of nitrogens with zero attached hydrogens (tertiary/aromatic N) is 2. The molecule has 2 rings (SSSR count). The van der Waals surface area contributed by atoms with Crippen molar-refractivity contribution in [1.29, 1.82) is 0 Å². The number of pyridine rings is 1. The Hall–Kier alpha value is -2.44. The maximum Gasteiger partial charge on any atom is 0.535 e. The van der Waals surface area contributed by atoms with Gasteiger partial charge in [-0.1, -0.05) is 24.6 Å². The second kappa shape index (κ2) is 8.78. The van der Waals surface area contributed by atoms with E-state index in [0.29, 0.717) is 0 Å². The van der Waals surface area contributed by atoms with Crippen molar-refractivity contribution in [2.75, 3.05) is 0 Å². The summed E-state index contributed by atoms with van der Waals surface area (Å²) in [5.74, 6) is -0.448. The predicted octanol–water partition coefficient (Wildman–Crippen LogP) is 3.86. The highest BCUT2D eigenvalue weighted by molar-refractivity contribution is 6.42. The third-order valence-electron chi connectivity index (χ3n) is 3.99. The van der Waals surface area contributed by atoms with Gasteiger partial charge in [-0.2, -0.15) is 0 Å². The number of ether oxygens (including phenoxy) is 2. The summed E-state index contributed by atoms with van der Waals surface area (Å²) in [7, 11) is 0. The maximum absolute atomic E-state index is 12.4. The summed E-state index contributed by atoms with van der Waals surface area (Å²) in [6.45, 7) is 7.25. The van der Waals surface area contributed by atoms with Crippen molar-refractivity contribution in [1.82, 2.24) is 4.98 Å². The molecule has 1 aliphatic carbocycles. The van der Waals surface area contributed by atoms with Crippen LogP contribution >= 0.6 is 0 Å². The largest absolute Gasteiger partial charge is 0.535 e. The smallest absolute Gasteiger partial charge is 0.455 e. The van der Waals surface area contributed by atoms with E-state index < -0.39 is 17.7 Å². The third kappa shape index (κ3) is 6.13. The Balaban J connectivity index is 2.09. The van der Waals surface area contributed by atoms with Crippen LogP contribution in [-0.2, 0) is 19.1 Å². The van der Waals surface area contributed by atoms with Gasteiger partial charge in [-0.3, -0.25) is 9.82 Å². The highest BCUT2D eigenvalue weighted by Crippen LogP contribution is 2.26. The molecule has 1 aromatic rings. The molecule has 0 aromatic carbocycles. The molecule has 142 valence electrons. The molecule has 0 amide bonds. The first-order valence-electron chi connectivity index (χ1n) is 8.86. The number of rotatable bonds is 4. The zero-order chi connectivity index (χ0) is 19.2. The topological polar surface area (TPSA) is 87.1 Å². The van der Waals surface area contributed by atoms with Crippen molar-refractivity contribution >= 4 is 17.8 Å². The van der Waals surface area contributed by atoms with E-state index in [0.717, 1.165) is 25.7 Å². The molecule has 1 fully saturated rings. The second-order valence-electron chi connectivity index (χ2n) is 7.42. The van der Waals surface area contributed by atoms with Crippen molar-refractivity contribution in [2.24, 2.45) is 11.1 Å². The number of carbonyl (C=O) groups excluding carboxylic acids is 2. The molecule has 26 heavy (non-hydrogen) atoms. The highest BCUT2D eigenvalue weighted by atomic mass is 16.8. The molecule has 0 saturated heterocycles. The SMILES string of the molecule is C[C@@H]1CCCC[C@H]1OC(=O)O/N=C(\C(=O)OC(C)(C)C)c1ccccn1. The van der Waals surface area contributed by atoms with Crippen LogP contribution < -0.4 is 0 Å². The summed E-state index contributed by atoms with van der Waals surface area (Å²) in [5, 5.41) is 3.67. The first kappa shape index (κ1) is 19.9. The minimum Gasteiger partial charge on any atom is -0.455 e. The molecule has 0 unspecified atom stereocenters. The van der Waals surface area contributed by atoms with E-state index in [1.54, 1.807) is 39.0 Å². The standard InChI is InChI=1S/C19H26N2O5/c1-13-9-5-6-11-15(13)24-18(23)26-21-16(14-10-7-8-12-20-14)17(22)25-19(2,3)4/h7-8,10,12-13,15H,5-6,9,11H2,1-4H3/b21-16-/t13-,15-/m1/s1. The summed E-state index contributed by atoms with van der Waals surface area (Å²) in [4.78, 5) is 33.3. The summed E-state index contributed by atoms with van der Waals surface area (Å²) < 4.78 is 10.6. The van der Waals surface area contributed by atoms with Crippen LogP contribution in [0.25, 0.3) is 0 Å². The van der Waals surface area contributed by atoms with Crippen LogP contribution in [0.1, 0.15) is 59.1 Å². The molecular weight excluding hydrogens is 336 g/mol. The van der Waals surface area contributed by atoms with Gasteiger partial charge < -0.3 is 9.47 Å². The maximum atomic E-state index is 12.4. The lowest BCUT2D eigenvalue weighted by atomic mass is 9.88. The van der Waals surface area contributed by atoms with Gasteiger partial charge in [0.1, 0.15) is 11.7 Å². The van der Waals surface area contributed by atoms with Gasteiger partial charge in [-0.05, 0) is 58.1 Å². The molecule has 7 nitrogen and oxygen atoms in total. The van der Waals surface area contributed by atoms with Crippen LogP contribution in [0.15, 0.2) is 29.6 Å². The Morgan fingerprint density at radius 2 is 1.92 bits per heavy atom. The molecule has 0 bridgehead atoms. The first-order valence-corrected chi connectivity index (χ1v) is 8.86. The van der Waals surface area contributed by atoms with Gasteiger partial charge in [0.2, 0.25) is 5.71 Å². The molecule has 0 spiro atoms. The van der Waals surface area contributed by atoms with Crippen LogP contribution in [0.3, 0.4) is 0 Å². The quantitative estimate of drug-likeness (QED) is 0.350. The minimum atomic E-state index is -0.930. The van der Waals surface area contributed by atoms with Gasteiger partial charge in [0.15, 0.2) is 0 Å². The minimum absolute atomic E-state index is 0.186. The summed E-state index contributed by atoms with van der Waals surface area (Å²) in [5.41, 5.74) is -0.653. The molecule has 2 atom stereocenters. The van der Waals surface area contributed by atoms with Crippen LogP contribution in [0.2, 0.25) is 0 Å². The average molecular weight is 362 g/mol. The Morgan fingerprint density at radius 1 is 1.19 bits per heavy atom. The fraction of sp³-hybridized carbons (Fsp3) is 0.579. The number of hydrogen-bond acceptors (Lipinski definition) is 7. The van der Waals surface area contributed by atoms with Gasteiger partial charge in [0, 0.05) is 6.20 Å². The molecule has 1 heterocycles. The van der Waals surface area contributed by atoms with E-state index in [-0.39, 0.29) is 23.4 Å². The van der Waals surface area contributed by atoms with E-state index in [1.807, 2.05) is 6.92 Å². The third-order valence-corrected chi connectivity index (χ3v) is 3.99. The lowest BCUT2D eigenvalue weighted by Gasteiger charge is -2.27. The lowest BCUT2D eigenvalue weighted by molar-refractivity contribution is -0.146. The molecule has 1 saturated carbocycles. The first-order chi connectivity index (χ1) is 12.3. The lowest BCUT2D eigenvalue weighted by Crippen LogP contribution is -2.31. The van der Waals surface area contributed by atoms with Crippen LogP contribution in [0.4, 0.5) is 4.79 Å². The average Bonchev–Trinajstić information content (AvgIpc) is 2.56. The number of carbonyl (C=O) groups is 2. The summed E-state index contributed by atoms with van der Waals surface area (Å²) in [6, 6.07) is 4.99. The van der Waals surface area contributed by atoms with Gasteiger partial charge in [0.05, 0.1) is 5.69 Å². The highest BCUT2D eigenvalue weighted by Gasteiger charge is 2.27. The van der Waals surface area contributed by atoms with Crippen LogP contribution in [0, 0.1) is 5.92 Å². The fourth-order valence-electron chi connectivity index (χ4n) is 2.70. The number of aromatic nitrogens is 1. The van der Waals surface area contributed by atoms with Gasteiger partial charge in [0.25, 0.3) is 0 Å². The van der Waals surface area contributed by atoms with Gasteiger partial charge >= 0.3 is 12.1 Å². The summed E-state index contributed by atoms with van der Waals surface area (Å²) in [6.07, 6.45) is 4.36. The van der Waals surface area contributed by atoms with Crippen molar-refractivity contribution in [2.45, 2.75) is 65.1 Å². The van der Waals surface area contributed by atoms with Gasteiger partial charge in [-0.15, -0.1) is 0 Å². The molecule has 1 aromatic heterocycles. The molecule has 0 radical (unpaired) electrons. The van der Waals surface area contributed by atoms with E-state index in [2.05, 4.69) is 10.1 Å². The normalized spacial score (nSPS) is 21.0. The zero-order valence-electron chi connectivity index (χ0n) is 15.7. The summed E-state index contributed by atoms with van der Waals surface area (Å²) >= 11 is 0. The van der Waals surface area contributed by atoms with E-state index in [1.165, 1.54) is 6.20 Å². The predicted molar refractivity (Wildman–Crippen MR) is 95.6 cm³/mol. The molecule has 0 N–H and O–H groups in total. The van der Waals surface area contributed by atoms with Crippen molar-refractivity contribution < 1.29 is 23.9 Å². The number of hydrogen-bond donors (Lipinski definition) is 0. The zero-order valence-corrected chi connectivity index (χ0v) is 15.7. The van der Waals surface area contributed by atoms with Crippen LogP contribution in [0.5, 0.6) is 0 Å². The van der Waals surface area contributed by atoms with Crippen molar-refractivity contribution in [3.8, 4) is 0 Å². The monoisotopic (exact) mass is 362 g/mol. The van der Waals surface area contributed by atoms with E-state index >= 15 is 0 Å². The molecular formula is C19H26N2O5.